The molecule has 13 nitrogen and oxygen atoms in total. The fourth-order valence-corrected chi connectivity index (χ4v) is 6.51. The van der Waals surface area contributed by atoms with Crippen molar-refractivity contribution in [1.82, 2.24) is 20.2 Å². The summed E-state index contributed by atoms with van der Waals surface area (Å²) in [6.07, 6.45) is -0.193. The van der Waals surface area contributed by atoms with Gasteiger partial charge in [0, 0.05) is 45.2 Å². The van der Waals surface area contributed by atoms with Crippen molar-refractivity contribution in [2.75, 3.05) is 57.4 Å². The van der Waals surface area contributed by atoms with E-state index in [0.717, 1.165) is 38.4 Å². The number of amides is 1. The molecule has 1 aromatic heterocycles. The molecule has 0 spiro atoms. The second-order valence-corrected chi connectivity index (χ2v) is 13.3. The molecule has 1 saturated carbocycles. The highest BCUT2D eigenvalue weighted by molar-refractivity contribution is 6.30. The zero-order valence-corrected chi connectivity index (χ0v) is 26.8. The molecule has 6 atom stereocenters. The van der Waals surface area contributed by atoms with Crippen LogP contribution in [-0.4, -0.2) is 129 Å². The summed E-state index contributed by atoms with van der Waals surface area (Å²) in [5.41, 5.74) is 0.291. The monoisotopic (exact) mass is 679 g/mol. The lowest BCUT2D eigenvalue weighted by Gasteiger charge is -2.39. The molecule has 2 aromatic rings. The van der Waals surface area contributed by atoms with Crippen molar-refractivity contribution in [3.8, 4) is 0 Å². The number of likely N-dealkylation sites (tertiary alicyclic amines) is 1. The fraction of sp³-hybridized carbons (Fsp3) is 0.625. The highest BCUT2D eigenvalue weighted by Gasteiger charge is 2.44. The summed E-state index contributed by atoms with van der Waals surface area (Å²) in [6.45, 7) is 2.50. The molecular weight excluding hydrogens is 637 g/mol. The fourth-order valence-electron chi connectivity index (χ4n) is 6.42. The number of aromatic nitrogens is 2. The summed E-state index contributed by atoms with van der Waals surface area (Å²) in [7, 11) is 0. The predicted molar refractivity (Wildman–Crippen MR) is 168 cm³/mol. The number of rotatable bonds is 15. The van der Waals surface area contributed by atoms with Crippen LogP contribution in [-0.2, 0) is 16.0 Å². The minimum atomic E-state index is -1.69. The maximum absolute atomic E-state index is 14.9. The standard InChI is InChI=1S/C32H43ClFN5O8/c33-23-11-36-32(37-12-23)38-5-3-19(4-6-38)24-7-22(24)17-47-31(46)21-2-1-20(25(34)8-21)9-28(43)39-14-18(15-39)10-35-13-26(41)29(44)30(45)27(42)16-40/h1-2,8,11-12,18-19,22,24,26-27,29-30,35,40-42,44-45H,3-7,9-10,13-17H2/t22-,24+,26-,27+,29+,30+/m0/s1. The van der Waals surface area contributed by atoms with E-state index in [1.54, 1.807) is 17.3 Å². The first-order valence-corrected chi connectivity index (χ1v) is 16.4. The lowest BCUT2D eigenvalue weighted by atomic mass is 9.91. The lowest BCUT2D eigenvalue weighted by Crippen LogP contribution is -2.55. The van der Waals surface area contributed by atoms with Gasteiger partial charge < -0.3 is 45.4 Å². The molecule has 0 bridgehead atoms. The quantitative estimate of drug-likeness (QED) is 0.139. The molecule has 1 aromatic carbocycles. The zero-order valence-electron chi connectivity index (χ0n) is 26.0. The van der Waals surface area contributed by atoms with Gasteiger partial charge in [-0.25, -0.2) is 19.2 Å². The predicted octanol–water partition coefficient (Wildman–Crippen LogP) is 0.00500. The van der Waals surface area contributed by atoms with Gasteiger partial charge in [-0.15, -0.1) is 0 Å². The van der Waals surface area contributed by atoms with Gasteiger partial charge in [-0.3, -0.25) is 4.79 Å². The number of hydrogen-bond donors (Lipinski definition) is 6. The minimum absolute atomic E-state index is 0.0660. The van der Waals surface area contributed by atoms with Gasteiger partial charge >= 0.3 is 5.97 Å². The molecule has 258 valence electrons. The molecule has 2 aliphatic heterocycles. The molecule has 47 heavy (non-hydrogen) atoms. The van der Waals surface area contributed by atoms with Crippen LogP contribution in [0.4, 0.5) is 10.3 Å². The van der Waals surface area contributed by atoms with Crippen LogP contribution in [0.15, 0.2) is 30.6 Å². The summed E-state index contributed by atoms with van der Waals surface area (Å²) in [5.74, 6) is 0.642. The Morgan fingerprint density at radius 2 is 1.74 bits per heavy atom. The number of aliphatic hydroxyl groups is 5. The molecule has 1 amide bonds. The molecule has 2 saturated heterocycles. The van der Waals surface area contributed by atoms with Crippen LogP contribution in [0.1, 0.15) is 35.2 Å². The maximum Gasteiger partial charge on any atom is 0.338 e. The number of hydrogen-bond acceptors (Lipinski definition) is 12. The smallest absolute Gasteiger partial charge is 0.338 e. The van der Waals surface area contributed by atoms with E-state index in [1.165, 1.54) is 12.1 Å². The Bertz CT molecular complexity index is 1360. The summed E-state index contributed by atoms with van der Waals surface area (Å²) in [6, 6.07) is 4.03. The van der Waals surface area contributed by atoms with Crippen molar-refractivity contribution >= 4 is 29.4 Å². The second kappa shape index (κ2) is 15.9. The third kappa shape index (κ3) is 9.13. The third-order valence-corrected chi connectivity index (χ3v) is 9.69. The van der Waals surface area contributed by atoms with Crippen LogP contribution in [0.25, 0.3) is 0 Å². The van der Waals surface area contributed by atoms with Crippen LogP contribution in [0.3, 0.4) is 0 Å². The summed E-state index contributed by atoms with van der Waals surface area (Å²) in [5, 5.41) is 51.2. The highest BCUT2D eigenvalue weighted by atomic mass is 35.5. The number of piperidine rings is 1. The molecule has 15 heteroatoms. The molecule has 5 rings (SSSR count). The number of benzene rings is 1. The van der Waals surface area contributed by atoms with Crippen molar-refractivity contribution in [1.29, 1.82) is 0 Å². The average Bonchev–Trinajstić information content (AvgIpc) is 3.84. The Morgan fingerprint density at radius 1 is 1.06 bits per heavy atom. The lowest BCUT2D eigenvalue weighted by molar-refractivity contribution is -0.136. The maximum atomic E-state index is 14.9. The Kier molecular flexibility index (Phi) is 12.0. The number of carbonyl (C=O) groups is 2. The third-order valence-electron chi connectivity index (χ3n) is 9.49. The van der Waals surface area contributed by atoms with Gasteiger partial charge in [0.15, 0.2) is 0 Å². The molecule has 3 heterocycles. The summed E-state index contributed by atoms with van der Waals surface area (Å²) < 4.78 is 20.4. The van der Waals surface area contributed by atoms with Crippen molar-refractivity contribution in [2.24, 2.45) is 23.7 Å². The van der Waals surface area contributed by atoms with Gasteiger partial charge in [0.05, 0.1) is 48.7 Å². The minimum Gasteiger partial charge on any atom is -0.462 e. The zero-order chi connectivity index (χ0) is 33.7. The van der Waals surface area contributed by atoms with Gasteiger partial charge in [0.25, 0.3) is 0 Å². The van der Waals surface area contributed by atoms with Crippen LogP contribution >= 0.6 is 11.6 Å². The van der Waals surface area contributed by atoms with Gasteiger partial charge in [0.2, 0.25) is 11.9 Å². The SMILES string of the molecule is O=C(OC[C@@H]1C[C@@H]1C1CCN(c2ncc(Cl)cn2)CC1)c1ccc(CC(=O)N2CC(CNC[C@H](O)[C@@H](O)[C@H](O)[C@H](O)CO)C2)c(F)c1. The van der Waals surface area contributed by atoms with Crippen LogP contribution in [0.5, 0.6) is 0 Å². The number of ether oxygens (including phenoxy) is 1. The number of anilines is 1. The normalized spacial score (nSPS) is 22.7. The van der Waals surface area contributed by atoms with E-state index < -0.39 is 42.8 Å². The first-order chi connectivity index (χ1) is 22.5. The Hall–Kier alpha value is -2.98. The van der Waals surface area contributed by atoms with Crippen LogP contribution in [0.2, 0.25) is 5.02 Å². The van der Waals surface area contributed by atoms with Crippen LogP contribution in [0, 0.1) is 29.5 Å². The Morgan fingerprint density at radius 3 is 2.40 bits per heavy atom. The molecule has 1 aliphatic carbocycles. The molecular formula is C32H43ClFN5O8. The van der Waals surface area contributed by atoms with E-state index >= 15 is 0 Å². The molecule has 0 radical (unpaired) electrons. The summed E-state index contributed by atoms with van der Waals surface area (Å²) in [4.78, 5) is 37.7. The summed E-state index contributed by atoms with van der Waals surface area (Å²) >= 11 is 5.89. The van der Waals surface area contributed by atoms with Crippen molar-refractivity contribution in [2.45, 2.75) is 50.1 Å². The number of esters is 1. The molecule has 3 fully saturated rings. The van der Waals surface area contributed by atoms with Crippen LogP contribution < -0.4 is 10.2 Å². The van der Waals surface area contributed by atoms with E-state index in [4.69, 9.17) is 21.4 Å². The van der Waals surface area contributed by atoms with Gasteiger partial charge in [-0.05, 0) is 54.7 Å². The van der Waals surface area contributed by atoms with E-state index in [0.29, 0.717) is 55.0 Å². The van der Waals surface area contributed by atoms with Gasteiger partial charge in [0.1, 0.15) is 24.1 Å². The number of aliphatic hydroxyl groups excluding tert-OH is 5. The van der Waals surface area contributed by atoms with Crippen molar-refractivity contribution in [3.05, 3.63) is 52.6 Å². The van der Waals surface area contributed by atoms with Gasteiger partial charge in [-0.2, -0.15) is 0 Å². The Labute approximate surface area is 277 Å². The highest BCUT2D eigenvalue weighted by Crippen LogP contribution is 2.48. The van der Waals surface area contributed by atoms with Gasteiger partial charge in [-0.1, -0.05) is 17.7 Å². The Balaban J connectivity index is 0.971. The second-order valence-electron chi connectivity index (χ2n) is 12.9. The van der Waals surface area contributed by atoms with Crippen molar-refractivity contribution < 1.29 is 44.2 Å². The average molecular weight is 680 g/mol. The topological polar surface area (TPSA) is 189 Å². The largest absolute Gasteiger partial charge is 0.462 e. The number of nitrogens with one attached hydrogen (secondary N) is 1. The number of halogens is 2. The van der Waals surface area contributed by atoms with E-state index in [-0.39, 0.29) is 35.9 Å². The number of nitrogens with zero attached hydrogens (tertiary/aromatic N) is 4. The van der Waals surface area contributed by atoms with E-state index in [9.17, 15) is 34.4 Å². The van der Waals surface area contributed by atoms with E-state index in [1.807, 2.05) is 0 Å². The molecule has 6 N–H and O–H groups in total. The first-order valence-electron chi connectivity index (χ1n) is 16.0. The molecule has 0 unspecified atom stereocenters. The first kappa shape index (κ1) is 35.3. The van der Waals surface area contributed by atoms with Crippen molar-refractivity contribution in [3.63, 3.8) is 0 Å². The number of carbonyl (C=O) groups excluding carboxylic acids is 2. The molecule has 3 aliphatic rings. The van der Waals surface area contributed by atoms with E-state index in [2.05, 4.69) is 20.2 Å².